The molecule has 0 saturated carbocycles. The smallest absolute Gasteiger partial charge is 1.00 e. The number of hydrogen-bond donors (Lipinski definition) is 0. The molecule has 1 aromatic rings. The second kappa shape index (κ2) is 10.4. The quantitative estimate of drug-likeness (QED) is 0.572. The van der Waals surface area contributed by atoms with Crippen LogP contribution in [0.5, 0.6) is 5.75 Å². The maximum atomic E-state index is 6.27. The molecule has 26 heavy (non-hydrogen) atoms. The minimum atomic E-state index is -0.0201. The van der Waals surface area contributed by atoms with Gasteiger partial charge in [0.2, 0.25) is 0 Å². The molecule has 1 aromatic carbocycles. The van der Waals surface area contributed by atoms with E-state index < -0.39 is 0 Å². The van der Waals surface area contributed by atoms with E-state index in [2.05, 4.69) is 47.6 Å². The van der Waals surface area contributed by atoms with E-state index >= 15 is 0 Å². The Morgan fingerprint density at radius 1 is 0.846 bits per heavy atom. The fourth-order valence-corrected chi connectivity index (χ4v) is 3.43. The van der Waals surface area contributed by atoms with Crippen molar-refractivity contribution in [3.05, 3.63) is 50.2 Å². The number of allylic oxidation sites excluding steroid dienone is 3. The zero-order valence-electron chi connectivity index (χ0n) is 15.7. The molecule has 0 unspecified atom stereocenters. The van der Waals surface area contributed by atoms with Crippen LogP contribution in [0.15, 0.2) is 35.1 Å². The fraction of sp³-hybridized carbons (Fsp3) is 0.474. The van der Waals surface area contributed by atoms with Crippen LogP contribution in [0.4, 0.5) is 0 Å². The molecule has 1 aliphatic rings. The third-order valence-electron chi connectivity index (χ3n) is 3.93. The molecule has 1 aliphatic carbocycles. The molecule has 0 saturated heterocycles. The van der Waals surface area contributed by atoms with Gasteiger partial charge >= 0.3 is 21.7 Å². The third kappa shape index (κ3) is 6.92. The summed E-state index contributed by atoms with van der Waals surface area (Å²) < 4.78 is 6.16. The number of benzene rings is 1. The average molecular weight is 493 g/mol. The molecule has 0 aliphatic heterocycles. The summed E-state index contributed by atoms with van der Waals surface area (Å²) in [6.45, 7) is 13.2. The van der Waals surface area contributed by atoms with Gasteiger partial charge in [-0.15, -0.1) is 0 Å². The number of ether oxygens (including phenoxy) is 1. The molecule has 144 valence electrons. The van der Waals surface area contributed by atoms with Gasteiger partial charge in [0.1, 0.15) is 5.76 Å². The molecule has 1 nitrogen and oxygen atoms in total. The van der Waals surface area contributed by atoms with Crippen LogP contribution in [0.3, 0.4) is 0 Å². The summed E-state index contributed by atoms with van der Waals surface area (Å²) in [4.78, 5) is 0. The van der Waals surface area contributed by atoms with Crippen LogP contribution in [-0.2, 0) is 21.7 Å². The van der Waals surface area contributed by atoms with E-state index in [1.165, 1.54) is 11.1 Å². The van der Waals surface area contributed by atoms with E-state index in [4.69, 9.17) is 39.5 Å². The standard InChI is InChI=1S/C19H23Cl3O.2ClH.Ti/c1-18(2,3)11-7-13(19(4,5)6)16(8-11)23-17-14(21)9-12(20)10-15(17)22;;;/h7,9-10H,8H2,1-6H3;2*1H;/q;;;+2/p-2. The Labute approximate surface area is 199 Å². The van der Waals surface area contributed by atoms with Crippen molar-refractivity contribution in [3.63, 3.8) is 0 Å². The predicted octanol–water partition coefficient (Wildman–Crippen LogP) is 1.71. The van der Waals surface area contributed by atoms with Gasteiger partial charge in [0.15, 0.2) is 5.75 Å². The summed E-state index contributed by atoms with van der Waals surface area (Å²) in [7, 11) is 0. The molecule has 0 amide bonds. The van der Waals surface area contributed by atoms with Crippen LogP contribution in [0.2, 0.25) is 15.1 Å². The Morgan fingerprint density at radius 2 is 1.31 bits per heavy atom. The summed E-state index contributed by atoms with van der Waals surface area (Å²) in [6, 6.07) is 3.30. The SMILES string of the molecule is CC(C)(C)C1=CC(C(C)(C)C)=C(Oc2c(Cl)cc(Cl)cc2Cl)C1.[Cl-].[Cl-].[Ti+2]. The normalized spacial score (nSPS) is 14.1. The van der Waals surface area contributed by atoms with Crippen LogP contribution < -0.4 is 29.6 Å². The second-order valence-electron chi connectivity index (χ2n) is 7.98. The van der Waals surface area contributed by atoms with Gasteiger partial charge in [-0.05, 0) is 28.5 Å². The summed E-state index contributed by atoms with van der Waals surface area (Å²) >= 11 is 18.5. The first-order valence-electron chi connectivity index (χ1n) is 7.66. The second-order valence-corrected chi connectivity index (χ2v) is 9.23. The monoisotopic (exact) mass is 490 g/mol. The molecule has 0 spiro atoms. The van der Waals surface area contributed by atoms with Crippen LogP contribution in [0.1, 0.15) is 48.0 Å². The molecule has 0 heterocycles. The summed E-state index contributed by atoms with van der Waals surface area (Å²) in [5.74, 6) is 1.38. The molecular formula is C19H23Cl5OTi. The van der Waals surface area contributed by atoms with E-state index in [9.17, 15) is 0 Å². The maximum Gasteiger partial charge on any atom is 2.00 e. The van der Waals surface area contributed by atoms with Crippen LogP contribution in [-0.4, -0.2) is 0 Å². The zero-order chi connectivity index (χ0) is 17.6. The summed E-state index contributed by atoms with van der Waals surface area (Å²) in [5, 5.41) is 1.34. The van der Waals surface area contributed by atoms with E-state index in [0.29, 0.717) is 20.8 Å². The Hall–Kier alpha value is 0.664. The van der Waals surface area contributed by atoms with Crippen molar-refractivity contribution in [1.29, 1.82) is 0 Å². The fourth-order valence-electron chi connectivity index (χ4n) is 2.53. The van der Waals surface area contributed by atoms with Crippen molar-refractivity contribution in [2.24, 2.45) is 10.8 Å². The molecule has 7 heteroatoms. The van der Waals surface area contributed by atoms with Crippen LogP contribution in [0.25, 0.3) is 0 Å². The molecular weight excluding hydrogens is 469 g/mol. The zero-order valence-corrected chi connectivity index (χ0v) is 21.1. The number of hydrogen-bond acceptors (Lipinski definition) is 1. The summed E-state index contributed by atoms with van der Waals surface area (Å²) in [5.41, 5.74) is 2.60. The Kier molecular flexibility index (Phi) is 11.6. The van der Waals surface area contributed by atoms with Gasteiger partial charge < -0.3 is 29.6 Å². The van der Waals surface area contributed by atoms with Gasteiger partial charge in [0.25, 0.3) is 0 Å². The minimum Gasteiger partial charge on any atom is -1.00 e. The average Bonchev–Trinajstić information content (AvgIpc) is 2.77. The van der Waals surface area contributed by atoms with Gasteiger partial charge in [0.05, 0.1) is 10.0 Å². The van der Waals surface area contributed by atoms with Crippen molar-refractivity contribution in [3.8, 4) is 5.75 Å². The predicted molar refractivity (Wildman–Crippen MR) is 101 cm³/mol. The Balaban J connectivity index is 0. The van der Waals surface area contributed by atoms with E-state index in [-0.39, 0.29) is 57.4 Å². The topological polar surface area (TPSA) is 9.23 Å². The Morgan fingerprint density at radius 3 is 1.69 bits per heavy atom. The molecule has 2 rings (SSSR count). The van der Waals surface area contributed by atoms with E-state index in [1.54, 1.807) is 12.1 Å². The van der Waals surface area contributed by atoms with Crippen molar-refractivity contribution < 1.29 is 51.3 Å². The van der Waals surface area contributed by atoms with Crippen molar-refractivity contribution in [2.45, 2.75) is 48.0 Å². The molecule has 0 radical (unpaired) electrons. The molecule has 0 bridgehead atoms. The molecule has 0 N–H and O–H groups in total. The van der Waals surface area contributed by atoms with Crippen LogP contribution in [0, 0.1) is 10.8 Å². The Bertz CT molecular complexity index is 674. The van der Waals surface area contributed by atoms with E-state index in [1.807, 2.05) is 0 Å². The van der Waals surface area contributed by atoms with Crippen LogP contribution >= 0.6 is 34.8 Å². The van der Waals surface area contributed by atoms with Crippen molar-refractivity contribution in [1.82, 2.24) is 0 Å². The molecule has 0 fully saturated rings. The van der Waals surface area contributed by atoms with Crippen molar-refractivity contribution in [2.75, 3.05) is 0 Å². The first-order chi connectivity index (χ1) is 10.4. The third-order valence-corrected chi connectivity index (χ3v) is 4.71. The first kappa shape index (κ1) is 28.9. The van der Waals surface area contributed by atoms with Gasteiger partial charge in [0, 0.05) is 11.4 Å². The van der Waals surface area contributed by atoms with E-state index in [0.717, 1.165) is 12.2 Å². The molecule has 0 aromatic heterocycles. The van der Waals surface area contributed by atoms with Gasteiger partial charge in [-0.3, -0.25) is 0 Å². The van der Waals surface area contributed by atoms with Crippen molar-refractivity contribution >= 4 is 34.8 Å². The first-order valence-corrected chi connectivity index (χ1v) is 8.80. The van der Waals surface area contributed by atoms with Gasteiger partial charge in [-0.1, -0.05) is 88.0 Å². The summed E-state index contributed by atoms with van der Waals surface area (Å²) in [6.07, 6.45) is 3.03. The minimum absolute atomic E-state index is 0. The number of rotatable bonds is 2. The maximum absolute atomic E-state index is 6.27. The largest absolute Gasteiger partial charge is 2.00 e. The number of halogens is 5. The molecule has 0 atom stereocenters. The van der Waals surface area contributed by atoms with Gasteiger partial charge in [-0.25, -0.2) is 0 Å². The van der Waals surface area contributed by atoms with Gasteiger partial charge in [-0.2, -0.15) is 0 Å².